The summed E-state index contributed by atoms with van der Waals surface area (Å²) in [6.45, 7) is 3.56. The molecule has 0 unspecified atom stereocenters. The van der Waals surface area contributed by atoms with Crippen LogP contribution in [0.5, 0.6) is 0 Å². The highest BCUT2D eigenvalue weighted by Crippen LogP contribution is 2.15. The Hall–Kier alpha value is -1.55. The second-order valence-corrected chi connectivity index (χ2v) is 3.62. The number of anilines is 1. The molecule has 0 amide bonds. The maximum atomic E-state index is 5.76. The largest absolute Gasteiger partial charge is 0.467 e. The molecule has 0 aliphatic rings. The molecule has 16 heavy (non-hydrogen) atoms. The Morgan fingerprint density at radius 2 is 2.31 bits per heavy atom. The SMILES string of the molecule is CCN(Cc1ccco1)c1ccnc(Cl)n1. The van der Waals surface area contributed by atoms with Crippen molar-refractivity contribution in [2.75, 3.05) is 11.4 Å². The summed E-state index contributed by atoms with van der Waals surface area (Å²) in [4.78, 5) is 10.1. The van der Waals surface area contributed by atoms with Crippen molar-refractivity contribution >= 4 is 17.4 Å². The number of nitrogens with zero attached hydrogens (tertiary/aromatic N) is 3. The summed E-state index contributed by atoms with van der Waals surface area (Å²) in [5.74, 6) is 1.70. The van der Waals surface area contributed by atoms with Crippen molar-refractivity contribution in [3.63, 3.8) is 0 Å². The van der Waals surface area contributed by atoms with E-state index in [4.69, 9.17) is 16.0 Å². The maximum absolute atomic E-state index is 5.76. The lowest BCUT2D eigenvalue weighted by atomic mass is 10.4. The third-order valence-electron chi connectivity index (χ3n) is 2.24. The van der Waals surface area contributed by atoms with Crippen LogP contribution in [0.15, 0.2) is 35.1 Å². The zero-order valence-electron chi connectivity index (χ0n) is 8.93. The van der Waals surface area contributed by atoms with Crippen LogP contribution in [-0.2, 0) is 6.54 Å². The number of hydrogen-bond donors (Lipinski definition) is 0. The fourth-order valence-electron chi connectivity index (χ4n) is 1.45. The molecule has 2 aromatic rings. The van der Waals surface area contributed by atoms with E-state index in [0.717, 1.165) is 18.1 Å². The van der Waals surface area contributed by atoms with Crippen LogP contribution in [0, 0.1) is 0 Å². The Kier molecular flexibility index (Phi) is 3.41. The lowest BCUT2D eigenvalue weighted by Gasteiger charge is -2.20. The van der Waals surface area contributed by atoms with Gasteiger partial charge in [0.15, 0.2) is 0 Å². The zero-order chi connectivity index (χ0) is 11.4. The van der Waals surface area contributed by atoms with Gasteiger partial charge in [0.25, 0.3) is 0 Å². The summed E-state index contributed by atoms with van der Waals surface area (Å²) in [7, 11) is 0. The zero-order valence-corrected chi connectivity index (χ0v) is 9.68. The Morgan fingerprint density at radius 1 is 1.44 bits per heavy atom. The molecule has 2 rings (SSSR count). The predicted octanol–water partition coefficient (Wildman–Crippen LogP) is 2.75. The number of aromatic nitrogens is 2. The van der Waals surface area contributed by atoms with Crippen molar-refractivity contribution in [2.24, 2.45) is 0 Å². The third-order valence-corrected chi connectivity index (χ3v) is 2.43. The van der Waals surface area contributed by atoms with Crippen LogP contribution in [0.4, 0.5) is 5.82 Å². The summed E-state index contributed by atoms with van der Waals surface area (Å²) in [5.41, 5.74) is 0. The fourth-order valence-corrected chi connectivity index (χ4v) is 1.59. The second-order valence-electron chi connectivity index (χ2n) is 3.28. The monoisotopic (exact) mass is 237 g/mol. The number of rotatable bonds is 4. The number of halogens is 1. The van der Waals surface area contributed by atoms with Crippen molar-refractivity contribution in [1.82, 2.24) is 9.97 Å². The molecular weight excluding hydrogens is 226 g/mol. The lowest BCUT2D eigenvalue weighted by Crippen LogP contribution is -2.22. The highest BCUT2D eigenvalue weighted by Gasteiger charge is 2.08. The van der Waals surface area contributed by atoms with Gasteiger partial charge in [-0.15, -0.1) is 0 Å². The van der Waals surface area contributed by atoms with E-state index >= 15 is 0 Å². The minimum Gasteiger partial charge on any atom is -0.467 e. The van der Waals surface area contributed by atoms with Crippen LogP contribution in [-0.4, -0.2) is 16.5 Å². The van der Waals surface area contributed by atoms with Gasteiger partial charge in [-0.3, -0.25) is 0 Å². The van der Waals surface area contributed by atoms with Crippen molar-refractivity contribution < 1.29 is 4.42 Å². The van der Waals surface area contributed by atoms with Crippen LogP contribution in [0.3, 0.4) is 0 Å². The summed E-state index contributed by atoms with van der Waals surface area (Å²) < 4.78 is 5.30. The van der Waals surface area contributed by atoms with E-state index < -0.39 is 0 Å². The normalized spacial score (nSPS) is 10.4. The van der Waals surface area contributed by atoms with Gasteiger partial charge in [0, 0.05) is 12.7 Å². The van der Waals surface area contributed by atoms with Crippen molar-refractivity contribution in [1.29, 1.82) is 0 Å². The second kappa shape index (κ2) is 4.99. The molecule has 0 fully saturated rings. The van der Waals surface area contributed by atoms with Crippen molar-refractivity contribution in [2.45, 2.75) is 13.5 Å². The maximum Gasteiger partial charge on any atom is 0.224 e. The molecule has 5 heteroatoms. The van der Waals surface area contributed by atoms with Gasteiger partial charge >= 0.3 is 0 Å². The molecule has 0 saturated carbocycles. The molecule has 4 nitrogen and oxygen atoms in total. The first-order valence-electron chi connectivity index (χ1n) is 5.05. The van der Waals surface area contributed by atoms with Gasteiger partial charge in [0.2, 0.25) is 5.28 Å². The average molecular weight is 238 g/mol. The van der Waals surface area contributed by atoms with Gasteiger partial charge in [0.1, 0.15) is 11.6 Å². The smallest absolute Gasteiger partial charge is 0.224 e. The third kappa shape index (κ3) is 2.52. The quantitative estimate of drug-likeness (QED) is 0.767. The highest BCUT2D eigenvalue weighted by atomic mass is 35.5. The highest BCUT2D eigenvalue weighted by molar-refractivity contribution is 6.28. The minimum atomic E-state index is 0.260. The summed E-state index contributed by atoms with van der Waals surface area (Å²) in [6, 6.07) is 5.64. The average Bonchev–Trinajstić information content (AvgIpc) is 2.78. The first kappa shape index (κ1) is 11.0. The molecule has 0 spiro atoms. The van der Waals surface area contributed by atoms with Crippen molar-refractivity contribution in [3.8, 4) is 0 Å². The molecule has 2 heterocycles. The standard InChI is InChI=1S/C11H12ClN3O/c1-2-15(8-9-4-3-7-16-9)10-5-6-13-11(12)14-10/h3-7H,2,8H2,1H3. The van der Waals surface area contributed by atoms with E-state index in [9.17, 15) is 0 Å². The molecule has 0 bridgehead atoms. The molecule has 0 saturated heterocycles. The van der Waals surface area contributed by atoms with Gasteiger partial charge in [-0.2, -0.15) is 0 Å². The molecule has 0 N–H and O–H groups in total. The van der Waals surface area contributed by atoms with Gasteiger partial charge in [-0.1, -0.05) is 0 Å². The molecule has 0 aliphatic carbocycles. The molecule has 0 aromatic carbocycles. The van der Waals surface area contributed by atoms with Gasteiger partial charge in [0.05, 0.1) is 12.8 Å². The predicted molar refractivity (Wildman–Crippen MR) is 62.5 cm³/mol. The van der Waals surface area contributed by atoms with E-state index in [-0.39, 0.29) is 5.28 Å². The number of furan rings is 1. The van der Waals surface area contributed by atoms with Crippen LogP contribution in [0.2, 0.25) is 5.28 Å². The number of hydrogen-bond acceptors (Lipinski definition) is 4. The molecule has 0 radical (unpaired) electrons. The van der Waals surface area contributed by atoms with Crippen LogP contribution >= 0.6 is 11.6 Å². The van der Waals surface area contributed by atoms with Gasteiger partial charge in [-0.25, -0.2) is 9.97 Å². The van der Waals surface area contributed by atoms with Gasteiger partial charge in [-0.05, 0) is 36.7 Å². The van der Waals surface area contributed by atoms with Crippen LogP contribution in [0.1, 0.15) is 12.7 Å². The first-order valence-corrected chi connectivity index (χ1v) is 5.43. The first-order chi connectivity index (χ1) is 7.79. The van der Waals surface area contributed by atoms with E-state index in [2.05, 4.69) is 21.8 Å². The molecular formula is C11H12ClN3O. The molecule has 84 valence electrons. The van der Waals surface area contributed by atoms with E-state index in [1.54, 1.807) is 12.5 Å². The summed E-state index contributed by atoms with van der Waals surface area (Å²) in [6.07, 6.45) is 3.31. The van der Waals surface area contributed by atoms with Gasteiger partial charge < -0.3 is 9.32 Å². The molecule has 0 atom stereocenters. The van der Waals surface area contributed by atoms with E-state index in [1.165, 1.54) is 0 Å². The lowest BCUT2D eigenvalue weighted by molar-refractivity contribution is 0.503. The Balaban J connectivity index is 2.16. The van der Waals surface area contributed by atoms with E-state index in [1.807, 2.05) is 18.2 Å². The minimum absolute atomic E-state index is 0.260. The molecule has 0 aliphatic heterocycles. The van der Waals surface area contributed by atoms with Crippen LogP contribution < -0.4 is 4.90 Å². The summed E-state index contributed by atoms with van der Waals surface area (Å²) in [5, 5.41) is 0.260. The van der Waals surface area contributed by atoms with Crippen LogP contribution in [0.25, 0.3) is 0 Å². The molecule has 2 aromatic heterocycles. The fraction of sp³-hybridized carbons (Fsp3) is 0.273. The Morgan fingerprint density at radius 3 is 2.94 bits per heavy atom. The Labute approximate surface area is 98.9 Å². The van der Waals surface area contributed by atoms with E-state index in [0.29, 0.717) is 6.54 Å². The Bertz CT molecular complexity index is 444. The topological polar surface area (TPSA) is 42.2 Å². The van der Waals surface area contributed by atoms with Crippen molar-refractivity contribution in [3.05, 3.63) is 41.7 Å². The summed E-state index contributed by atoms with van der Waals surface area (Å²) >= 11 is 5.76.